The second-order valence-corrected chi connectivity index (χ2v) is 6.13. The maximum absolute atomic E-state index is 12.1. The Kier molecular flexibility index (Phi) is 7.03. The van der Waals surface area contributed by atoms with Crippen molar-refractivity contribution in [2.75, 3.05) is 20.8 Å². The lowest BCUT2D eigenvalue weighted by molar-refractivity contribution is -0.148. The first-order valence-corrected chi connectivity index (χ1v) is 7.40. The zero-order chi connectivity index (χ0) is 17.5. The number of carbonyl (C=O) groups is 2. The van der Waals surface area contributed by atoms with E-state index in [1.165, 1.54) is 19.1 Å². The molecule has 0 heterocycles. The average Bonchev–Trinajstić information content (AvgIpc) is 2.49. The maximum Gasteiger partial charge on any atom is 0.410 e. The van der Waals surface area contributed by atoms with Gasteiger partial charge < -0.3 is 14.2 Å². The molecule has 0 aromatic heterocycles. The van der Waals surface area contributed by atoms with Crippen LogP contribution in [-0.2, 0) is 25.6 Å². The summed E-state index contributed by atoms with van der Waals surface area (Å²) in [5, 5.41) is 0. The zero-order valence-corrected chi connectivity index (χ0v) is 14.4. The highest BCUT2D eigenvalue weighted by Crippen LogP contribution is 2.12. The summed E-state index contributed by atoms with van der Waals surface area (Å²) in [6.45, 7) is 5.65. The van der Waals surface area contributed by atoms with Gasteiger partial charge in [0.05, 0.1) is 20.3 Å². The van der Waals surface area contributed by atoms with E-state index >= 15 is 0 Å². The lowest BCUT2D eigenvalue weighted by atomic mass is 10.2. The minimum absolute atomic E-state index is 0.0251. The van der Waals surface area contributed by atoms with Gasteiger partial charge in [0.2, 0.25) is 0 Å². The number of hydrogen-bond donors (Lipinski definition) is 0. The molecule has 1 rings (SSSR count). The van der Waals surface area contributed by atoms with Crippen molar-refractivity contribution in [2.24, 2.45) is 0 Å². The molecule has 0 N–H and O–H groups in total. The van der Waals surface area contributed by atoms with Crippen LogP contribution >= 0.6 is 0 Å². The fraction of sp³-hybridized carbons (Fsp3) is 0.529. The third kappa shape index (κ3) is 6.69. The summed E-state index contributed by atoms with van der Waals surface area (Å²) < 4.78 is 15.6. The molecule has 0 radical (unpaired) electrons. The normalized spacial score (nSPS) is 12.4. The SMILES string of the molecule is COC(=O)C(COCc1ccccc1)N(C)C(=O)OC(C)(C)C. The van der Waals surface area contributed by atoms with Crippen LogP contribution in [0, 0.1) is 0 Å². The largest absolute Gasteiger partial charge is 0.467 e. The number of carbonyl (C=O) groups excluding carboxylic acids is 2. The first-order valence-electron chi connectivity index (χ1n) is 7.40. The second kappa shape index (κ2) is 8.53. The van der Waals surface area contributed by atoms with E-state index in [0.29, 0.717) is 6.61 Å². The predicted octanol–water partition coefficient (Wildman–Crippen LogP) is 2.61. The molecule has 0 spiro atoms. The second-order valence-electron chi connectivity index (χ2n) is 6.13. The van der Waals surface area contributed by atoms with E-state index in [4.69, 9.17) is 14.2 Å². The summed E-state index contributed by atoms with van der Waals surface area (Å²) in [7, 11) is 2.76. The monoisotopic (exact) mass is 323 g/mol. The van der Waals surface area contributed by atoms with Gasteiger partial charge >= 0.3 is 12.1 Å². The standard InChI is InChI=1S/C17H25NO5/c1-17(2,3)23-16(20)18(4)14(15(19)21-5)12-22-11-13-9-7-6-8-10-13/h6-10,14H,11-12H2,1-5H3. The fourth-order valence-electron chi connectivity index (χ4n) is 1.80. The predicted molar refractivity (Wildman–Crippen MR) is 85.9 cm³/mol. The molecule has 1 aromatic rings. The van der Waals surface area contributed by atoms with Crippen molar-refractivity contribution in [2.45, 2.75) is 39.0 Å². The molecule has 0 aliphatic carbocycles. The van der Waals surface area contributed by atoms with Crippen molar-refractivity contribution in [3.05, 3.63) is 35.9 Å². The molecule has 0 saturated carbocycles. The van der Waals surface area contributed by atoms with E-state index in [1.54, 1.807) is 20.8 Å². The Morgan fingerprint density at radius 2 is 1.78 bits per heavy atom. The van der Waals surface area contributed by atoms with Gasteiger partial charge in [-0.15, -0.1) is 0 Å². The van der Waals surface area contributed by atoms with Crippen molar-refractivity contribution in [3.8, 4) is 0 Å². The Balaban J connectivity index is 2.65. The number of rotatable bonds is 6. The number of ether oxygens (including phenoxy) is 3. The van der Waals surface area contributed by atoms with Crippen LogP contribution in [0.3, 0.4) is 0 Å². The maximum atomic E-state index is 12.1. The summed E-state index contributed by atoms with van der Waals surface area (Å²) in [6, 6.07) is 8.71. The topological polar surface area (TPSA) is 65.1 Å². The Morgan fingerprint density at radius 3 is 2.30 bits per heavy atom. The number of likely N-dealkylation sites (N-methyl/N-ethyl adjacent to an activating group) is 1. The quantitative estimate of drug-likeness (QED) is 0.753. The van der Waals surface area contributed by atoms with Crippen LogP contribution in [0.25, 0.3) is 0 Å². The number of hydrogen-bond acceptors (Lipinski definition) is 5. The third-order valence-electron chi connectivity index (χ3n) is 3.01. The van der Waals surface area contributed by atoms with Crippen LogP contribution in [0.15, 0.2) is 30.3 Å². The van der Waals surface area contributed by atoms with Gasteiger partial charge in [-0.3, -0.25) is 4.90 Å². The average molecular weight is 323 g/mol. The Morgan fingerprint density at radius 1 is 1.17 bits per heavy atom. The minimum Gasteiger partial charge on any atom is -0.467 e. The van der Waals surface area contributed by atoms with Crippen LogP contribution in [0.4, 0.5) is 4.79 Å². The van der Waals surface area contributed by atoms with Gasteiger partial charge in [0.1, 0.15) is 5.60 Å². The molecule has 1 aromatic carbocycles. The molecule has 0 fully saturated rings. The number of benzene rings is 1. The van der Waals surface area contributed by atoms with Gasteiger partial charge in [-0.2, -0.15) is 0 Å². The van der Waals surface area contributed by atoms with E-state index in [1.807, 2.05) is 30.3 Å². The van der Waals surface area contributed by atoms with Crippen LogP contribution in [-0.4, -0.2) is 49.4 Å². The number of esters is 1. The fourth-order valence-corrected chi connectivity index (χ4v) is 1.80. The van der Waals surface area contributed by atoms with E-state index in [-0.39, 0.29) is 6.61 Å². The number of methoxy groups -OCH3 is 1. The summed E-state index contributed by atoms with van der Waals surface area (Å²) in [4.78, 5) is 25.2. The minimum atomic E-state index is -0.862. The van der Waals surface area contributed by atoms with Gasteiger partial charge in [0, 0.05) is 7.05 Å². The van der Waals surface area contributed by atoms with Crippen LogP contribution in [0.2, 0.25) is 0 Å². The zero-order valence-electron chi connectivity index (χ0n) is 14.4. The van der Waals surface area contributed by atoms with Gasteiger partial charge in [-0.25, -0.2) is 9.59 Å². The smallest absolute Gasteiger partial charge is 0.410 e. The first-order chi connectivity index (χ1) is 10.7. The van der Waals surface area contributed by atoms with Crippen LogP contribution in [0.5, 0.6) is 0 Å². The molecule has 1 amide bonds. The van der Waals surface area contributed by atoms with Crippen molar-refractivity contribution in [1.29, 1.82) is 0 Å². The number of nitrogens with zero attached hydrogens (tertiary/aromatic N) is 1. The van der Waals surface area contributed by atoms with Crippen LogP contribution < -0.4 is 0 Å². The first kappa shape index (κ1) is 19.0. The van der Waals surface area contributed by atoms with Crippen molar-refractivity contribution in [3.63, 3.8) is 0 Å². The molecule has 0 saturated heterocycles. The molecule has 1 atom stereocenters. The Labute approximate surface area is 137 Å². The molecule has 0 aliphatic heterocycles. The van der Waals surface area contributed by atoms with E-state index in [2.05, 4.69) is 0 Å². The molecular formula is C17H25NO5. The van der Waals surface area contributed by atoms with Crippen molar-refractivity contribution < 1.29 is 23.8 Å². The molecule has 6 nitrogen and oxygen atoms in total. The van der Waals surface area contributed by atoms with E-state index < -0.39 is 23.7 Å². The highest BCUT2D eigenvalue weighted by molar-refractivity contribution is 5.81. The molecule has 0 aliphatic rings. The Hall–Kier alpha value is -2.08. The molecular weight excluding hydrogens is 298 g/mol. The molecule has 6 heteroatoms. The lowest BCUT2D eigenvalue weighted by Crippen LogP contribution is -2.47. The van der Waals surface area contributed by atoms with E-state index in [0.717, 1.165) is 5.56 Å². The van der Waals surface area contributed by atoms with Gasteiger partial charge in [-0.1, -0.05) is 30.3 Å². The highest BCUT2D eigenvalue weighted by Gasteiger charge is 2.31. The summed E-state index contributed by atoms with van der Waals surface area (Å²) in [5.41, 5.74) is 0.340. The van der Waals surface area contributed by atoms with Gasteiger partial charge in [0.25, 0.3) is 0 Å². The summed E-state index contributed by atoms with van der Waals surface area (Å²) >= 11 is 0. The summed E-state index contributed by atoms with van der Waals surface area (Å²) in [5.74, 6) is -0.550. The Bertz CT molecular complexity index is 509. The van der Waals surface area contributed by atoms with Gasteiger partial charge in [0.15, 0.2) is 6.04 Å². The lowest BCUT2D eigenvalue weighted by Gasteiger charge is -2.29. The molecule has 128 valence electrons. The molecule has 0 bridgehead atoms. The van der Waals surface area contributed by atoms with Crippen molar-refractivity contribution >= 4 is 12.1 Å². The summed E-state index contributed by atoms with van der Waals surface area (Å²) in [6.07, 6.45) is -0.601. The number of amides is 1. The van der Waals surface area contributed by atoms with Crippen LogP contribution in [0.1, 0.15) is 26.3 Å². The molecule has 1 unspecified atom stereocenters. The highest BCUT2D eigenvalue weighted by atomic mass is 16.6. The molecule has 23 heavy (non-hydrogen) atoms. The van der Waals surface area contributed by atoms with Crippen molar-refractivity contribution in [1.82, 2.24) is 4.90 Å². The third-order valence-corrected chi connectivity index (χ3v) is 3.01. The van der Waals surface area contributed by atoms with Gasteiger partial charge in [-0.05, 0) is 26.3 Å². The van der Waals surface area contributed by atoms with E-state index in [9.17, 15) is 9.59 Å².